The number of carbonyl (C=O) groups excluding carboxylic acids is 1. The molecule has 226 valence electrons. The molecule has 3 N–H and O–H groups in total. The van der Waals surface area contributed by atoms with Crippen LogP contribution >= 0.6 is 0 Å². The van der Waals surface area contributed by atoms with Gasteiger partial charge in [-0.1, -0.05) is 64.0 Å². The number of ether oxygens (including phenoxy) is 4. The summed E-state index contributed by atoms with van der Waals surface area (Å²) in [6.07, 6.45) is 5.98. The van der Waals surface area contributed by atoms with Gasteiger partial charge in [0.1, 0.15) is 31.3 Å². The first-order valence-corrected chi connectivity index (χ1v) is 14.5. The molecule has 0 radical (unpaired) electrons. The number of aliphatic hydroxyl groups excluding tert-OH is 1. The largest absolute Gasteiger partial charge is 0.491 e. The Morgan fingerprint density at radius 1 is 0.878 bits per heavy atom. The molecule has 8 heteroatoms. The number of hydrogen-bond donors (Lipinski definition) is 3. The smallest absolute Gasteiger partial charge is 0.334 e. The zero-order chi connectivity index (χ0) is 29.9. The molecule has 41 heavy (non-hydrogen) atoms. The fraction of sp³-hybridized carbons (Fsp3) is 0.485. The van der Waals surface area contributed by atoms with Gasteiger partial charge in [0.25, 0.3) is 0 Å². The average Bonchev–Trinajstić information content (AvgIpc) is 2.98. The second kappa shape index (κ2) is 19.8. The van der Waals surface area contributed by atoms with E-state index in [0.29, 0.717) is 42.3 Å². The van der Waals surface area contributed by atoms with Crippen molar-refractivity contribution in [2.45, 2.75) is 51.7 Å². The molecule has 1 unspecified atom stereocenters. The van der Waals surface area contributed by atoms with Gasteiger partial charge in [-0.2, -0.15) is 0 Å². The van der Waals surface area contributed by atoms with Crippen molar-refractivity contribution >= 4 is 5.97 Å². The zero-order valence-corrected chi connectivity index (χ0v) is 25.0. The Bertz CT molecular complexity index is 1090. The van der Waals surface area contributed by atoms with Gasteiger partial charge >= 0.3 is 5.97 Å². The Kier molecular flexibility index (Phi) is 16.5. The maximum Gasteiger partial charge on any atom is 0.334 e. The number of likely N-dealkylation sites (N-methyl/N-ethyl adjacent to an activating group) is 2. The Morgan fingerprint density at radius 2 is 1.59 bits per heavy atom. The van der Waals surface area contributed by atoms with Crippen LogP contribution in [0.2, 0.25) is 0 Å². The molecule has 0 spiro atoms. The minimum Gasteiger partial charge on any atom is -0.491 e. The van der Waals surface area contributed by atoms with E-state index >= 15 is 0 Å². The number of hydrogen-bond acceptors (Lipinski definition) is 8. The summed E-state index contributed by atoms with van der Waals surface area (Å²) in [4.78, 5) is 12.0. The number of carbonyl (C=O) groups is 1. The molecule has 2 aromatic carbocycles. The van der Waals surface area contributed by atoms with E-state index in [9.17, 15) is 9.90 Å². The molecule has 0 saturated carbocycles. The highest BCUT2D eigenvalue weighted by Gasteiger charge is 2.12. The fourth-order valence-corrected chi connectivity index (χ4v) is 4.24. The van der Waals surface area contributed by atoms with Gasteiger partial charge in [0.2, 0.25) is 0 Å². The summed E-state index contributed by atoms with van der Waals surface area (Å²) in [6.45, 7) is 11.5. The maximum absolute atomic E-state index is 12.0. The third-order valence-corrected chi connectivity index (χ3v) is 6.42. The van der Waals surface area contributed by atoms with Crippen LogP contribution < -0.4 is 20.1 Å². The molecule has 0 saturated heterocycles. The normalized spacial score (nSPS) is 11.6. The first-order chi connectivity index (χ1) is 19.9. The first-order valence-electron chi connectivity index (χ1n) is 14.5. The molecule has 8 nitrogen and oxygen atoms in total. The van der Waals surface area contributed by atoms with Crippen molar-refractivity contribution in [2.24, 2.45) is 0 Å². The summed E-state index contributed by atoms with van der Waals surface area (Å²) in [5, 5.41) is 15.8. The minimum absolute atomic E-state index is 0.137. The predicted molar refractivity (Wildman–Crippen MR) is 164 cm³/mol. The van der Waals surface area contributed by atoms with Crippen LogP contribution in [0, 0.1) is 0 Å². The number of nitrogens with one attached hydrogen (secondary N) is 2. The fourth-order valence-electron chi connectivity index (χ4n) is 4.24. The number of rotatable bonds is 22. The van der Waals surface area contributed by atoms with Crippen molar-refractivity contribution in [1.29, 1.82) is 0 Å². The van der Waals surface area contributed by atoms with Gasteiger partial charge in [0.15, 0.2) is 6.29 Å². The van der Waals surface area contributed by atoms with Gasteiger partial charge in [-0.15, -0.1) is 0 Å². The third-order valence-electron chi connectivity index (χ3n) is 6.42. The van der Waals surface area contributed by atoms with Crippen molar-refractivity contribution in [2.75, 3.05) is 53.6 Å². The van der Waals surface area contributed by atoms with Crippen molar-refractivity contribution in [1.82, 2.24) is 10.6 Å². The Hall–Kier alpha value is -3.17. The molecule has 0 heterocycles. The van der Waals surface area contributed by atoms with E-state index in [1.165, 1.54) is 31.2 Å². The highest BCUT2D eigenvalue weighted by molar-refractivity contribution is 5.88. The first kappa shape index (κ1) is 34.0. The van der Waals surface area contributed by atoms with Crippen LogP contribution in [0.1, 0.15) is 44.6 Å². The Balaban J connectivity index is 2.06. The standard InChI is InChI=1S/C33H48N2O6/c1-6-7-8-9-10-12-27-15-16-30(39-18-20-41-33(37)26(3)24-35-5)22-31(27)28-13-11-14-29(21-28)38-17-19-40-32(36)25(2)23-34-4/h11,13-16,21-22,32,34-36H,2-3,6-10,12,17-20,23-24H2,1,4-5H3. The second-order valence-electron chi connectivity index (χ2n) is 9.89. The monoisotopic (exact) mass is 568 g/mol. The molecule has 0 fully saturated rings. The highest BCUT2D eigenvalue weighted by atomic mass is 16.6. The lowest BCUT2D eigenvalue weighted by atomic mass is 9.95. The minimum atomic E-state index is -1.03. The molecule has 0 aliphatic carbocycles. The lowest BCUT2D eigenvalue weighted by molar-refractivity contribution is -0.139. The molecule has 1 atom stereocenters. The van der Waals surface area contributed by atoms with Crippen LogP contribution in [0.4, 0.5) is 0 Å². The van der Waals surface area contributed by atoms with Gasteiger partial charge in [-0.3, -0.25) is 0 Å². The van der Waals surface area contributed by atoms with E-state index in [4.69, 9.17) is 18.9 Å². The van der Waals surface area contributed by atoms with Gasteiger partial charge in [-0.25, -0.2) is 4.79 Å². The van der Waals surface area contributed by atoms with Crippen molar-refractivity contribution in [3.8, 4) is 22.6 Å². The molecule has 2 aromatic rings. The van der Waals surface area contributed by atoms with Crippen molar-refractivity contribution in [3.63, 3.8) is 0 Å². The van der Waals surface area contributed by atoms with E-state index in [0.717, 1.165) is 24.0 Å². The summed E-state index contributed by atoms with van der Waals surface area (Å²) in [6, 6.07) is 14.1. The van der Waals surface area contributed by atoms with Crippen LogP contribution in [-0.2, 0) is 20.7 Å². The van der Waals surface area contributed by atoms with E-state index < -0.39 is 12.3 Å². The van der Waals surface area contributed by atoms with Gasteiger partial charge in [0, 0.05) is 18.7 Å². The molecule has 0 aromatic heterocycles. The quantitative estimate of drug-likeness (QED) is 0.0597. The predicted octanol–water partition coefficient (Wildman–Crippen LogP) is 5.05. The van der Waals surface area contributed by atoms with E-state index in [1.807, 2.05) is 30.3 Å². The van der Waals surface area contributed by atoms with Gasteiger partial charge < -0.3 is 34.7 Å². The van der Waals surface area contributed by atoms with Crippen LogP contribution in [0.15, 0.2) is 66.8 Å². The molecule has 0 aliphatic heterocycles. The summed E-state index contributed by atoms with van der Waals surface area (Å²) in [5.74, 6) is 0.987. The Labute approximate surface area is 245 Å². The molecule has 2 rings (SSSR count). The van der Waals surface area contributed by atoms with Crippen LogP contribution in [0.3, 0.4) is 0 Å². The summed E-state index contributed by atoms with van der Waals surface area (Å²) in [5.41, 5.74) is 4.29. The maximum atomic E-state index is 12.0. The van der Waals surface area contributed by atoms with E-state index in [1.54, 1.807) is 14.1 Å². The number of aryl methyl sites for hydroxylation is 1. The number of esters is 1. The van der Waals surface area contributed by atoms with Crippen LogP contribution in [-0.4, -0.2) is 71.0 Å². The number of aliphatic hydroxyl groups is 1. The zero-order valence-electron chi connectivity index (χ0n) is 25.0. The molecular weight excluding hydrogens is 520 g/mol. The number of benzene rings is 2. The summed E-state index contributed by atoms with van der Waals surface area (Å²) < 4.78 is 22.5. The highest BCUT2D eigenvalue weighted by Crippen LogP contribution is 2.31. The van der Waals surface area contributed by atoms with E-state index in [-0.39, 0.29) is 19.8 Å². The van der Waals surface area contributed by atoms with Gasteiger partial charge in [0.05, 0.1) is 6.61 Å². The molecule has 0 bridgehead atoms. The van der Waals surface area contributed by atoms with E-state index in [2.05, 4.69) is 42.8 Å². The molecular formula is C33H48N2O6. The lowest BCUT2D eigenvalue weighted by Gasteiger charge is -2.16. The summed E-state index contributed by atoms with van der Waals surface area (Å²) in [7, 11) is 3.54. The molecule has 0 amide bonds. The number of unbranched alkanes of at least 4 members (excludes halogenated alkanes) is 4. The topological polar surface area (TPSA) is 98.3 Å². The molecule has 0 aliphatic rings. The SMILES string of the molecule is C=C(CNC)C(=O)OCCOc1ccc(CCCCCCC)c(-c2cccc(OCCOC(O)C(=C)CNC)c2)c1. The lowest BCUT2D eigenvalue weighted by Crippen LogP contribution is -2.24. The van der Waals surface area contributed by atoms with Crippen molar-refractivity contribution < 1.29 is 28.8 Å². The Morgan fingerprint density at radius 3 is 2.32 bits per heavy atom. The summed E-state index contributed by atoms with van der Waals surface area (Å²) >= 11 is 0. The average molecular weight is 569 g/mol. The van der Waals surface area contributed by atoms with Crippen molar-refractivity contribution in [3.05, 3.63) is 72.3 Å². The van der Waals surface area contributed by atoms with Crippen LogP contribution in [0.5, 0.6) is 11.5 Å². The van der Waals surface area contributed by atoms with Crippen LogP contribution in [0.25, 0.3) is 11.1 Å². The third kappa shape index (κ3) is 12.9. The van der Waals surface area contributed by atoms with Gasteiger partial charge in [-0.05, 0) is 73.5 Å². The second-order valence-corrected chi connectivity index (χ2v) is 9.89.